The molecule has 164 valence electrons. The number of halogens is 3. The molecular weight excluding hydrogens is 417 g/mol. The second-order valence-electron chi connectivity index (χ2n) is 7.33. The SMILES string of the molecule is O=c1cc(C(F)(F)F)c2ccc(OCc3ccccc3CC3OCC(O)C3O)cc2o1. The van der Waals surface area contributed by atoms with E-state index in [-0.39, 0.29) is 29.9 Å². The van der Waals surface area contributed by atoms with E-state index in [1.807, 2.05) is 18.2 Å². The number of aliphatic hydroxyl groups is 2. The normalized spacial score (nSPS) is 21.5. The fourth-order valence-corrected chi connectivity index (χ4v) is 3.59. The lowest BCUT2D eigenvalue weighted by Gasteiger charge is -2.17. The van der Waals surface area contributed by atoms with E-state index < -0.39 is 35.7 Å². The number of aliphatic hydroxyl groups excluding tert-OH is 2. The van der Waals surface area contributed by atoms with Gasteiger partial charge in [-0.15, -0.1) is 0 Å². The van der Waals surface area contributed by atoms with Gasteiger partial charge >= 0.3 is 11.8 Å². The minimum Gasteiger partial charge on any atom is -0.489 e. The largest absolute Gasteiger partial charge is 0.489 e. The van der Waals surface area contributed by atoms with E-state index in [1.165, 1.54) is 18.2 Å². The molecule has 3 unspecified atom stereocenters. The maximum absolute atomic E-state index is 13.2. The van der Waals surface area contributed by atoms with Crippen LogP contribution in [0.5, 0.6) is 5.75 Å². The van der Waals surface area contributed by atoms with Gasteiger partial charge in [0.25, 0.3) is 0 Å². The molecule has 2 N–H and O–H groups in total. The van der Waals surface area contributed by atoms with Crippen LogP contribution in [-0.2, 0) is 23.9 Å². The zero-order valence-corrected chi connectivity index (χ0v) is 16.1. The third-order valence-electron chi connectivity index (χ3n) is 5.21. The number of hydrogen-bond acceptors (Lipinski definition) is 6. The summed E-state index contributed by atoms with van der Waals surface area (Å²) in [6, 6.07) is 11.5. The first kappa shape index (κ1) is 21.4. The van der Waals surface area contributed by atoms with Crippen LogP contribution in [-0.4, -0.2) is 35.1 Å². The number of hydrogen-bond donors (Lipinski definition) is 2. The van der Waals surface area contributed by atoms with Gasteiger partial charge in [0.05, 0.1) is 18.3 Å². The summed E-state index contributed by atoms with van der Waals surface area (Å²) in [6.45, 7) is 0.156. The van der Waals surface area contributed by atoms with Crippen LogP contribution in [0.4, 0.5) is 13.2 Å². The molecule has 0 aliphatic carbocycles. The molecule has 1 fully saturated rings. The Morgan fingerprint density at radius 2 is 1.81 bits per heavy atom. The van der Waals surface area contributed by atoms with Crippen LogP contribution in [0.3, 0.4) is 0 Å². The summed E-state index contributed by atoms with van der Waals surface area (Å²) in [5.74, 6) is 0.234. The molecular formula is C22H19F3O6. The van der Waals surface area contributed by atoms with E-state index in [9.17, 15) is 28.2 Å². The summed E-state index contributed by atoms with van der Waals surface area (Å²) < 4.78 is 55.6. The summed E-state index contributed by atoms with van der Waals surface area (Å²) in [4.78, 5) is 11.5. The molecule has 1 aromatic heterocycles. The summed E-state index contributed by atoms with van der Waals surface area (Å²) in [7, 11) is 0. The predicted octanol–water partition coefficient (Wildman–Crippen LogP) is 3.05. The topological polar surface area (TPSA) is 89.1 Å². The monoisotopic (exact) mass is 436 g/mol. The van der Waals surface area contributed by atoms with Crippen molar-refractivity contribution in [1.29, 1.82) is 0 Å². The van der Waals surface area contributed by atoms with Crippen LogP contribution in [0.25, 0.3) is 11.0 Å². The van der Waals surface area contributed by atoms with E-state index in [0.717, 1.165) is 11.1 Å². The highest BCUT2D eigenvalue weighted by Gasteiger charge is 2.35. The first-order valence-electron chi connectivity index (χ1n) is 9.55. The Labute approximate surface area is 174 Å². The maximum atomic E-state index is 13.2. The molecule has 1 aliphatic heterocycles. The van der Waals surface area contributed by atoms with Crippen LogP contribution in [0, 0.1) is 0 Å². The van der Waals surface area contributed by atoms with Crippen molar-refractivity contribution in [3.05, 3.63) is 75.6 Å². The van der Waals surface area contributed by atoms with Gasteiger partial charge in [-0.25, -0.2) is 4.79 Å². The molecule has 1 aliphatic rings. The van der Waals surface area contributed by atoms with E-state index in [0.29, 0.717) is 12.5 Å². The minimum atomic E-state index is -4.68. The number of rotatable bonds is 5. The standard InChI is InChI=1S/C22H19F3O6/c23-22(24,25)16-9-20(27)31-18-8-14(5-6-15(16)18)29-10-13-4-2-1-3-12(13)7-19-21(28)17(26)11-30-19/h1-6,8-9,17,19,21,26,28H,7,10-11H2. The van der Waals surface area contributed by atoms with Gasteiger partial charge in [-0.3, -0.25) is 0 Å². The molecule has 3 atom stereocenters. The van der Waals surface area contributed by atoms with Crippen molar-refractivity contribution >= 4 is 11.0 Å². The highest BCUT2D eigenvalue weighted by Crippen LogP contribution is 2.35. The fourth-order valence-electron chi connectivity index (χ4n) is 3.59. The minimum absolute atomic E-state index is 0.0622. The second-order valence-corrected chi connectivity index (χ2v) is 7.33. The van der Waals surface area contributed by atoms with Crippen LogP contribution in [0.15, 0.2) is 57.7 Å². The predicted molar refractivity (Wildman–Crippen MR) is 104 cm³/mol. The molecule has 4 rings (SSSR count). The van der Waals surface area contributed by atoms with Crippen LogP contribution in [0.1, 0.15) is 16.7 Å². The first-order valence-corrected chi connectivity index (χ1v) is 9.55. The van der Waals surface area contributed by atoms with Gasteiger partial charge in [-0.2, -0.15) is 13.2 Å². The van der Waals surface area contributed by atoms with Gasteiger partial charge in [0.1, 0.15) is 30.1 Å². The molecule has 0 amide bonds. The lowest BCUT2D eigenvalue weighted by molar-refractivity contribution is -0.136. The second kappa shape index (κ2) is 8.33. The highest BCUT2D eigenvalue weighted by molar-refractivity contribution is 5.82. The molecule has 2 heterocycles. The lowest BCUT2D eigenvalue weighted by atomic mass is 9.99. The van der Waals surface area contributed by atoms with Crippen molar-refractivity contribution in [3.8, 4) is 5.75 Å². The van der Waals surface area contributed by atoms with E-state index in [4.69, 9.17) is 13.9 Å². The van der Waals surface area contributed by atoms with Crippen molar-refractivity contribution in [2.45, 2.75) is 37.5 Å². The molecule has 0 saturated carbocycles. The number of alkyl halides is 3. The molecule has 0 radical (unpaired) electrons. The Hall–Kier alpha value is -2.88. The summed E-state index contributed by atoms with van der Waals surface area (Å²) in [5, 5.41) is 19.4. The van der Waals surface area contributed by atoms with Gasteiger partial charge in [0.2, 0.25) is 0 Å². The summed E-state index contributed by atoms with van der Waals surface area (Å²) in [5.41, 5.74) is -0.757. The van der Waals surface area contributed by atoms with E-state index in [1.54, 1.807) is 6.07 Å². The molecule has 3 aromatic rings. The Bertz CT molecular complexity index is 1140. The first-order chi connectivity index (χ1) is 14.7. The Balaban J connectivity index is 1.54. The third-order valence-corrected chi connectivity index (χ3v) is 5.21. The summed E-state index contributed by atoms with van der Waals surface area (Å²) in [6.07, 6.45) is -6.79. The van der Waals surface area contributed by atoms with E-state index >= 15 is 0 Å². The molecule has 31 heavy (non-hydrogen) atoms. The van der Waals surface area contributed by atoms with Crippen molar-refractivity contribution in [1.82, 2.24) is 0 Å². The Morgan fingerprint density at radius 1 is 1.06 bits per heavy atom. The van der Waals surface area contributed by atoms with Gasteiger partial charge < -0.3 is 24.1 Å². The zero-order valence-electron chi connectivity index (χ0n) is 16.1. The van der Waals surface area contributed by atoms with Crippen LogP contribution >= 0.6 is 0 Å². The zero-order chi connectivity index (χ0) is 22.2. The Kier molecular flexibility index (Phi) is 5.74. The van der Waals surface area contributed by atoms with Crippen LogP contribution in [0.2, 0.25) is 0 Å². The Morgan fingerprint density at radius 3 is 2.48 bits per heavy atom. The highest BCUT2D eigenvalue weighted by atomic mass is 19.4. The molecule has 0 spiro atoms. The van der Waals surface area contributed by atoms with Gasteiger partial charge in [0.15, 0.2) is 0 Å². The van der Waals surface area contributed by atoms with E-state index in [2.05, 4.69) is 0 Å². The number of fused-ring (bicyclic) bond motifs is 1. The van der Waals surface area contributed by atoms with Crippen molar-refractivity contribution in [3.63, 3.8) is 0 Å². The van der Waals surface area contributed by atoms with Gasteiger partial charge in [-0.1, -0.05) is 24.3 Å². The summed E-state index contributed by atoms with van der Waals surface area (Å²) >= 11 is 0. The molecule has 9 heteroatoms. The van der Waals surface area contributed by atoms with Crippen LogP contribution < -0.4 is 10.4 Å². The molecule has 2 aromatic carbocycles. The number of benzene rings is 2. The number of ether oxygens (including phenoxy) is 2. The lowest BCUT2D eigenvalue weighted by Crippen LogP contribution is -2.31. The maximum Gasteiger partial charge on any atom is 0.417 e. The van der Waals surface area contributed by atoms with Gasteiger partial charge in [-0.05, 0) is 23.3 Å². The van der Waals surface area contributed by atoms with Crippen molar-refractivity contribution < 1.29 is 37.3 Å². The van der Waals surface area contributed by atoms with Crippen molar-refractivity contribution in [2.24, 2.45) is 0 Å². The third kappa shape index (κ3) is 4.58. The van der Waals surface area contributed by atoms with Crippen molar-refractivity contribution in [2.75, 3.05) is 6.61 Å². The molecule has 1 saturated heterocycles. The van der Waals surface area contributed by atoms with Gasteiger partial charge in [0, 0.05) is 23.9 Å². The fraction of sp³-hybridized carbons (Fsp3) is 0.318. The quantitative estimate of drug-likeness (QED) is 0.598. The molecule has 6 nitrogen and oxygen atoms in total. The average molecular weight is 436 g/mol. The smallest absolute Gasteiger partial charge is 0.417 e. The average Bonchev–Trinajstić information content (AvgIpc) is 3.03. The molecule has 0 bridgehead atoms.